The van der Waals surface area contributed by atoms with Crippen LogP contribution in [0.2, 0.25) is 5.02 Å². The maximum atomic E-state index is 13.2. The lowest BCUT2D eigenvalue weighted by molar-refractivity contribution is -0.0436. The highest BCUT2D eigenvalue weighted by atomic mass is 35.5. The molecule has 2 rings (SSSR count). The lowest BCUT2D eigenvalue weighted by Gasteiger charge is -2.36. The zero-order chi connectivity index (χ0) is 14.5. The van der Waals surface area contributed by atoms with Crippen LogP contribution in [0, 0.1) is 5.82 Å². The molecule has 1 aromatic carbocycles. The fourth-order valence-corrected chi connectivity index (χ4v) is 2.81. The Morgan fingerprint density at radius 3 is 3.00 bits per heavy atom. The van der Waals surface area contributed by atoms with Gasteiger partial charge in [-0.3, -0.25) is 4.90 Å². The Labute approximate surface area is 125 Å². The van der Waals surface area contributed by atoms with E-state index in [0.717, 1.165) is 38.2 Å². The Balaban J connectivity index is 2.02. The minimum atomic E-state index is -0.373. The van der Waals surface area contributed by atoms with Gasteiger partial charge < -0.3 is 10.1 Å². The first kappa shape index (κ1) is 15.7. The summed E-state index contributed by atoms with van der Waals surface area (Å²) in [5, 5.41) is 3.49. The van der Waals surface area contributed by atoms with Crippen LogP contribution in [0.1, 0.15) is 12.5 Å². The van der Waals surface area contributed by atoms with E-state index in [1.807, 2.05) is 7.05 Å². The summed E-state index contributed by atoms with van der Waals surface area (Å²) >= 11 is 5.84. The number of halogens is 2. The van der Waals surface area contributed by atoms with Gasteiger partial charge in [0.1, 0.15) is 5.82 Å². The van der Waals surface area contributed by atoms with Gasteiger partial charge in [0.25, 0.3) is 0 Å². The van der Waals surface area contributed by atoms with Gasteiger partial charge in [-0.2, -0.15) is 0 Å². The van der Waals surface area contributed by atoms with Crippen LogP contribution in [0.25, 0.3) is 0 Å². The summed E-state index contributed by atoms with van der Waals surface area (Å²) in [6.07, 6.45) is 0.927. The minimum Gasteiger partial charge on any atom is -0.374 e. The molecule has 0 amide bonds. The summed E-state index contributed by atoms with van der Waals surface area (Å²) in [6.45, 7) is 5.89. The van der Waals surface area contributed by atoms with Crippen molar-refractivity contribution in [2.24, 2.45) is 0 Å². The smallest absolute Gasteiger partial charge is 0.141 e. The molecule has 0 saturated carbocycles. The molecule has 0 bridgehead atoms. The highest BCUT2D eigenvalue weighted by molar-refractivity contribution is 6.30. The number of ether oxygens (including phenoxy) is 1. The van der Waals surface area contributed by atoms with Crippen LogP contribution in [-0.4, -0.2) is 50.3 Å². The van der Waals surface area contributed by atoms with E-state index in [4.69, 9.17) is 16.3 Å². The van der Waals surface area contributed by atoms with Gasteiger partial charge in [-0.25, -0.2) is 4.39 Å². The van der Waals surface area contributed by atoms with E-state index in [0.29, 0.717) is 0 Å². The molecule has 0 aliphatic carbocycles. The topological polar surface area (TPSA) is 24.5 Å². The minimum absolute atomic E-state index is 0.150. The Hall–Kier alpha value is -0.680. The summed E-state index contributed by atoms with van der Waals surface area (Å²) in [6, 6.07) is 5.10. The first-order chi connectivity index (χ1) is 9.63. The number of likely N-dealkylation sites (N-methyl/N-ethyl adjacent to an activating group) is 2. The summed E-state index contributed by atoms with van der Waals surface area (Å²) in [5.74, 6) is -0.373. The third-order valence-corrected chi connectivity index (χ3v) is 4.17. The van der Waals surface area contributed by atoms with Crippen molar-refractivity contribution in [2.75, 3.05) is 33.3 Å². The van der Waals surface area contributed by atoms with Gasteiger partial charge in [0.2, 0.25) is 0 Å². The van der Waals surface area contributed by atoms with Gasteiger partial charge in [0, 0.05) is 19.1 Å². The molecule has 2 unspecified atom stereocenters. The van der Waals surface area contributed by atoms with Crippen LogP contribution in [0.3, 0.4) is 0 Å². The Kier molecular flexibility index (Phi) is 5.78. The lowest BCUT2D eigenvalue weighted by atomic mass is 10.00. The largest absolute Gasteiger partial charge is 0.374 e. The number of hydrogen-bond acceptors (Lipinski definition) is 3. The van der Waals surface area contributed by atoms with Gasteiger partial charge in [-0.05, 0) is 37.7 Å². The molecular formula is C15H22ClFN2O. The Morgan fingerprint density at radius 2 is 2.35 bits per heavy atom. The number of hydrogen-bond donors (Lipinski definition) is 1. The monoisotopic (exact) mass is 300 g/mol. The Morgan fingerprint density at radius 1 is 1.55 bits per heavy atom. The second-order valence-corrected chi connectivity index (χ2v) is 5.56. The average Bonchev–Trinajstić information content (AvgIpc) is 2.48. The van der Waals surface area contributed by atoms with E-state index in [2.05, 4.69) is 17.1 Å². The predicted molar refractivity (Wildman–Crippen MR) is 79.8 cm³/mol. The average molecular weight is 301 g/mol. The molecule has 20 heavy (non-hydrogen) atoms. The zero-order valence-electron chi connectivity index (χ0n) is 12.0. The van der Waals surface area contributed by atoms with E-state index in [1.54, 1.807) is 12.1 Å². The van der Waals surface area contributed by atoms with Gasteiger partial charge in [-0.15, -0.1) is 0 Å². The van der Waals surface area contributed by atoms with Crippen molar-refractivity contribution >= 4 is 11.6 Å². The molecule has 0 spiro atoms. The van der Waals surface area contributed by atoms with E-state index in [1.165, 1.54) is 6.07 Å². The number of nitrogens with one attached hydrogen (secondary N) is 1. The summed E-state index contributed by atoms with van der Waals surface area (Å²) in [4.78, 5) is 2.39. The fourth-order valence-electron chi connectivity index (χ4n) is 2.60. The van der Waals surface area contributed by atoms with E-state index in [9.17, 15) is 4.39 Å². The van der Waals surface area contributed by atoms with Gasteiger partial charge in [0.15, 0.2) is 0 Å². The molecule has 1 heterocycles. The second kappa shape index (κ2) is 7.36. The number of rotatable bonds is 5. The molecule has 1 aliphatic heterocycles. The number of benzene rings is 1. The zero-order valence-corrected chi connectivity index (χ0v) is 12.8. The van der Waals surface area contributed by atoms with Crippen LogP contribution in [-0.2, 0) is 11.2 Å². The summed E-state index contributed by atoms with van der Waals surface area (Å²) < 4.78 is 19.1. The van der Waals surface area contributed by atoms with Crippen LogP contribution < -0.4 is 5.32 Å². The molecule has 5 heteroatoms. The molecule has 1 aliphatic rings. The van der Waals surface area contributed by atoms with Crippen LogP contribution in [0.4, 0.5) is 4.39 Å². The first-order valence-electron chi connectivity index (χ1n) is 7.09. The number of nitrogens with zero attached hydrogens (tertiary/aromatic N) is 1. The van der Waals surface area contributed by atoms with E-state index in [-0.39, 0.29) is 23.0 Å². The molecule has 1 saturated heterocycles. The van der Waals surface area contributed by atoms with E-state index >= 15 is 0 Å². The van der Waals surface area contributed by atoms with Gasteiger partial charge in [0.05, 0.1) is 17.7 Å². The standard InChI is InChI=1S/C15H22ClFN2O/c1-3-19-6-7-20-15(10-19)14(18-2)9-11-4-5-13(17)12(16)8-11/h4-5,8,14-15,18H,3,6-7,9-10H2,1-2H3. The first-order valence-corrected chi connectivity index (χ1v) is 7.47. The van der Waals surface area contributed by atoms with Crippen molar-refractivity contribution in [3.05, 3.63) is 34.6 Å². The van der Waals surface area contributed by atoms with Crippen molar-refractivity contribution in [1.29, 1.82) is 0 Å². The molecular weight excluding hydrogens is 279 g/mol. The van der Waals surface area contributed by atoms with Crippen molar-refractivity contribution in [3.8, 4) is 0 Å². The molecule has 1 fully saturated rings. The quantitative estimate of drug-likeness (QED) is 0.903. The van der Waals surface area contributed by atoms with Crippen molar-refractivity contribution in [3.63, 3.8) is 0 Å². The maximum absolute atomic E-state index is 13.2. The summed E-state index contributed by atoms with van der Waals surface area (Å²) in [5.41, 5.74) is 1.02. The normalized spacial score (nSPS) is 21.9. The maximum Gasteiger partial charge on any atom is 0.141 e. The third kappa shape index (κ3) is 3.92. The Bertz CT molecular complexity index is 444. The molecule has 1 N–H and O–H groups in total. The van der Waals surface area contributed by atoms with Crippen LogP contribution in [0.15, 0.2) is 18.2 Å². The van der Waals surface area contributed by atoms with E-state index < -0.39 is 0 Å². The van der Waals surface area contributed by atoms with Gasteiger partial charge in [-0.1, -0.05) is 24.6 Å². The molecule has 1 aromatic rings. The molecule has 0 radical (unpaired) electrons. The van der Waals surface area contributed by atoms with Crippen molar-refractivity contribution < 1.29 is 9.13 Å². The van der Waals surface area contributed by atoms with Crippen molar-refractivity contribution in [2.45, 2.75) is 25.5 Å². The third-order valence-electron chi connectivity index (χ3n) is 3.88. The number of morpholine rings is 1. The lowest BCUT2D eigenvalue weighted by Crippen LogP contribution is -2.52. The van der Waals surface area contributed by atoms with Crippen LogP contribution in [0.5, 0.6) is 0 Å². The van der Waals surface area contributed by atoms with Crippen LogP contribution >= 0.6 is 11.6 Å². The summed E-state index contributed by atoms with van der Waals surface area (Å²) in [7, 11) is 1.93. The second-order valence-electron chi connectivity index (χ2n) is 5.15. The SMILES string of the molecule is CCN1CCOC(C(Cc2ccc(F)c(Cl)c2)NC)C1. The molecule has 112 valence electrons. The van der Waals surface area contributed by atoms with Gasteiger partial charge >= 0.3 is 0 Å². The van der Waals surface area contributed by atoms with Crippen molar-refractivity contribution in [1.82, 2.24) is 10.2 Å². The molecule has 3 nitrogen and oxygen atoms in total. The molecule has 0 aromatic heterocycles. The highest BCUT2D eigenvalue weighted by Gasteiger charge is 2.26. The predicted octanol–water partition coefficient (Wildman–Crippen LogP) is 2.33. The molecule has 2 atom stereocenters. The highest BCUT2D eigenvalue weighted by Crippen LogP contribution is 2.19. The fraction of sp³-hybridized carbons (Fsp3) is 0.600.